The average Bonchev–Trinajstić information content (AvgIpc) is 2.35. The Morgan fingerprint density at radius 3 is 2.56 bits per heavy atom. The summed E-state index contributed by atoms with van der Waals surface area (Å²) < 4.78 is 0. The number of aliphatic carboxylic acids is 1. The number of carbonyl (C=O) groups excluding carboxylic acids is 1. The lowest BCUT2D eigenvalue weighted by Gasteiger charge is -2.09. The lowest BCUT2D eigenvalue weighted by Crippen LogP contribution is -2.14. The molecule has 0 aromatic heterocycles. The maximum absolute atomic E-state index is 10.8. The molecule has 1 aromatic rings. The van der Waals surface area contributed by atoms with Crippen molar-refractivity contribution in [2.75, 3.05) is 0 Å². The van der Waals surface area contributed by atoms with Crippen LogP contribution in [0.25, 0.3) is 0 Å². The van der Waals surface area contributed by atoms with Gasteiger partial charge in [0, 0.05) is 11.6 Å². The van der Waals surface area contributed by atoms with Gasteiger partial charge in [0.25, 0.3) is 5.69 Å². The fourth-order valence-corrected chi connectivity index (χ4v) is 1.36. The molecule has 0 amide bonds. The summed E-state index contributed by atoms with van der Waals surface area (Å²) in [5.41, 5.74) is -1.99. The number of hydrogen-bond acceptors (Lipinski definition) is 6. The van der Waals surface area contributed by atoms with Crippen molar-refractivity contribution < 1.29 is 24.7 Å². The van der Waals surface area contributed by atoms with Gasteiger partial charge < -0.3 is 10.2 Å². The van der Waals surface area contributed by atoms with E-state index >= 15 is 0 Å². The highest BCUT2D eigenvalue weighted by Crippen LogP contribution is 2.27. The van der Waals surface area contributed by atoms with Gasteiger partial charge in [0.05, 0.1) is 22.1 Å². The molecule has 0 saturated heterocycles. The molecule has 18 heavy (non-hydrogen) atoms. The minimum Gasteiger partial charge on any atom is -0.479 e. The number of carbonyl (C=O) groups is 2. The van der Waals surface area contributed by atoms with Crippen LogP contribution in [0.4, 0.5) is 5.69 Å². The lowest BCUT2D eigenvalue weighted by molar-refractivity contribution is -0.385. The molecule has 0 aliphatic heterocycles. The van der Waals surface area contributed by atoms with Crippen molar-refractivity contribution in [3.63, 3.8) is 0 Å². The van der Waals surface area contributed by atoms with Gasteiger partial charge in [0.1, 0.15) is 0 Å². The molecule has 0 aliphatic rings. The molecule has 0 radical (unpaired) electrons. The van der Waals surface area contributed by atoms with Gasteiger partial charge in [0.2, 0.25) is 0 Å². The first-order valence-electron chi connectivity index (χ1n) is 4.50. The Morgan fingerprint density at radius 1 is 1.56 bits per heavy atom. The monoisotopic (exact) mass is 250 g/mol. The third kappa shape index (κ3) is 2.31. The smallest absolute Gasteiger partial charge is 0.337 e. The van der Waals surface area contributed by atoms with E-state index in [1.54, 1.807) is 6.07 Å². The second-order valence-electron chi connectivity index (χ2n) is 3.23. The van der Waals surface area contributed by atoms with E-state index in [9.17, 15) is 24.8 Å². The van der Waals surface area contributed by atoms with E-state index < -0.39 is 33.8 Å². The molecule has 0 aliphatic carbocycles. The number of carboxylic acids is 1. The van der Waals surface area contributed by atoms with Crippen LogP contribution < -0.4 is 0 Å². The Morgan fingerprint density at radius 2 is 2.17 bits per heavy atom. The molecule has 1 rings (SSSR count). The second-order valence-corrected chi connectivity index (χ2v) is 3.23. The van der Waals surface area contributed by atoms with Crippen molar-refractivity contribution in [1.29, 1.82) is 5.26 Å². The number of rotatable bonds is 4. The van der Waals surface area contributed by atoms with E-state index in [1.807, 2.05) is 0 Å². The van der Waals surface area contributed by atoms with Gasteiger partial charge in [-0.2, -0.15) is 5.26 Å². The summed E-state index contributed by atoms with van der Waals surface area (Å²) in [5.74, 6) is -1.68. The number of aliphatic hydroxyl groups is 1. The van der Waals surface area contributed by atoms with Crippen LogP contribution in [0, 0.1) is 21.4 Å². The zero-order valence-corrected chi connectivity index (χ0v) is 8.73. The molecular formula is C10H6N2O6. The highest BCUT2D eigenvalue weighted by Gasteiger charge is 2.26. The van der Waals surface area contributed by atoms with Crippen molar-refractivity contribution in [3.05, 3.63) is 38.9 Å². The van der Waals surface area contributed by atoms with Crippen molar-refractivity contribution in [1.82, 2.24) is 0 Å². The average molecular weight is 250 g/mol. The third-order valence-corrected chi connectivity index (χ3v) is 2.16. The van der Waals surface area contributed by atoms with Crippen LogP contribution in [0.1, 0.15) is 27.6 Å². The molecule has 0 spiro atoms. The van der Waals surface area contributed by atoms with Crippen molar-refractivity contribution in [2.24, 2.45) is 0 Å². The molecule has 0 heterocycles. The molecular weight excluding hydrogens is 244 g/mol. The maximum Gasteiger partial charge on any atom is 0.337 e. The molecule has 92 valence electrons. The van der Waals surface area contributed by atoms with Gasteiger partial charge in [-0.15, -0.1) is 0 Å². The van der Waals surface area contributed by atoms with Crippen molar-refractivity contribution >= 4 is 17.9 Å². The Labute approximate surface area is 99.8 Å². The summed E-state index contributed by atoms with van der Waals surface area (Å²) in [6.45, 7) is 0. The Hall–Kier alpha value is -2.79. The number of nitro benzene ring substituents is 1. The number of benzene rings is 1. The van der Waals surface area contributed by atoms with Gasteiger partial charge in [-0.05, 0) is 6.07 Å². The zero-order valence-electron chi connectivity index (χ0n) is 8.73. The van der Waals surface area contributed by atoms with Crippen molar-refractivity contribution in [2.45, 2.75) is 6.10 Å². The van der Waals surface area contributed by atoms with Crippen LogP contribution in [0.15, 0.2) is 12.1 Å². The number of aliphatic hydroxyl groups excluding tert-OH is 1. The lowest BCUT2D eigenvalue weighted by atomic mass is 9.98. The van der Waals surface area contributed by atoms with Gasteiger partial charge >= 0.3 is 5.97 Å². The topological polar surface area (TPSA) is 142 Å². The predicted octanol–water partition coefficient (Wildman–Crippen LogP) is 0.397. The molecule has 0 bridgehead atoms. The summed E-state index contributed by atoms with van der Waals surface area (Å²) in [6, 6.07) is 3.34. The van der Waals surface area contributed by atoms with E-state index in [2.05, 4.69) is 0 Å². The van der Waals surface area contributed by atoms with E-state index in [1.165, 1.54) is 0 Å². The number of hydrogen-bond donors (Lipinski definition) is 2. The fourth-order valence-electron chi connectivity index (χ4n) is 1.36. The van der Waals surface area contributed by atoms with Crippen molar-refractivity contribution in [3.8, 4) is 6.07 Å². The Balaban J connectivity index is 3.63. The maximum atomic E-state index is 10.8. The Bertz CT molecular complexity index is 574. The first kappa shape index (κ1) is 13.3. The van der Waals surface area contributed by atoms with Crippen LogP contribution in [-0.2, 0) is 4.79 Å². The van der Waals surface area contributed by atoms with E-state index in [0.717, 1.165) is 12.1 Å². The molecule has 8 nitrogen and oxygen atoms in total. The number of nitro groups is 1. The molecule has 1 aromatic carbocycles. The van der Waals surface area contributed by atoms with Gasteiger partial charge in [0.15, 0.2) is 12.4 Å². The summed E-state index contributed by atoms with van der Waals surface area (Å²) in [5, 5.41) is 37.3. The standard InChI is InChI=1S/C10H6N2O6/c11-3-5-1-6(9(14)10(15)16)7(4-13)8(2-5)12(17)18/h1-2,4,9,14H,(H,15,16). The second kappa shape index (κ2) is 5.03. The Kier molecular flexibility index (Phi) is 3.71. The van der Waals surface area contributed by atoms with Gasteiger partial charge in [-0.1, -0.05) is 0 Å². The van der Waals surface area contributed by atoms with E-state index in [-0.39, 0.29) is 11.8 Å². The molecule has 2 N–H and O–H groups in total. The van der Waals surface area contributed by atoms with Crippen LogP contribution >= 0.6 is 0 Å². The van der Waals surface area contributed by atoms with Gasteiger partial charge in [-0.3, -0.25) is 14.9 Å². The minimum atomic E-state index is -2.11. The zero-order chi connectivity index (χ0) is 13.9. The van der Waals surface area contributed by atoms with Crippen LogP contribution in [0.3, 0.4) is 0 Å². The number of carboxylic acid groups (broad SMARTS) is 1. The van der Waals surface area contributed by atoms with Crippen LogP contribution in [0.2, 0.25) is 0 Å². The highest BCUT2D eigenvalue weighted by molar-refractivity contribution is 5.88. The van der Waals surface area contributed by atoms with Crippen LogP contribution in [0.5, 0.6) is 0 Å². The summed E-state index contributed by atoms with van der Waals surface area (Å²) in [6.07, 6.45) is -2.04. The fraction of sp³-hybridized carbons (Fsp3) is 0.100. The predicted molar refractivity (Wildman–Crippen MR) is 55.8 cm³/mol. The number of nitrogens with zero attached hydrogens (tertiary/aromatic N) is 2. The third-order valence-electron chi connectivity index (χ3n) is 2.16. The van der Waals surface area contributed by atoms with Crippen LogP contribution in [-0.4, -0.2) is 27.4 Å². The molecule has 0 saturated carbocycles. The van der Waals surface area contributed by atoms with Gasteiger partial charge in [-0.25, -0.2) is 4.79 Å². The molecule has 1 atom stereocenters. The number of aldehydes is 1. The number of nitriles is 1. The first-order chi connectivity index (χ1) is 8.42. The molecule has 1 unspecified atom stereocenters. The van der Waals surface area contributed by atoms with E-state index in [4.69, 9.17) is 10.4 Å². The SMILES string of the molecule is N#Cc1cc(C(O)C(=O)O)c(C=O)c([N+](=O)[O-])c1. The summed E-state index contributed by atoms with van der Waals surface area (Å²) >= 11 is 0. The first-order valence-corrected chi connectivity index (χ1v) is 4.50. The normalized spacial score (nSPS) is 11.3. The summed E-state index contributed by atoms with van der Waals surface area (Å²) in [4.78, 5) is 31.2. The molecule has 0 fully saturated rings. The summed E-state index contributed by atoms with van der Waals surface area (Å²) in [7, 11) is 0. The largest absolute Gasteiger partial charge is 0.479 e. The molecule has 8 heteroatoms. The van der Waals surface area contributed by atoms with E-state index in [0.29, 0.717) is 0 Å². The minimum absolute atomic E-state index is 0.0702. The highest BCUT2D eigenvalue weighted by atomic mass is 16.6. The quantitative estimate of drug-likeness (QED) is 0.447.